The molecule has 1 atom stereocenters. The van der Waals surface area contributed by atoms with Gasteiger partial charge in [0.05, 0.1) is 10.9 Å². The van der Waals surface area contributed by atoms with E-state index in [9.17, 15) is 22.0 Å². The number of nitrogens with zero attached hydrogens (tertiary/aromatic N) is 1. The van der Waals surface area contributed by atoms with Gasteiger partial charge in [0.2, 0.25) is 10.0 Å². The molecule has 2 N–H and O–H groups in total. The zero-order valence-corrected chi connectivity index (χ0v) is 17.4. The Morgan fingerprint density at radius 1 is 1.07 bits per heavy atom. The minimum absolute atomic E-state index is 0.163. The van der Waals surface area contributed by atoms with Crippen LogP contribution in [-0.2, 0) is 16.6 Å². The predicted molar refractivity (Wildman–Crippen MR) is 107 cm³/mol. The average molecular weight is 426 g/mol. The molecule has 9 heteroatoms. The van der Waals surface area contributed by atoms with Crippen LogP contribution in [-0.4, -0.2) is 31.8 Å². The quantitative estimate of drug-likeness (QED) is 0.679. The van der Waals surface area contributed by atoms with Gasteiger partial charge in [0.1, 0.15) is 11.6 Å². The maximum absolute atomic E-state index is 13.8. The van der Waals surface area contributed by atoms with Gasteiger partial charge in [-0.15, -0.1) is 0 Å². The largest absolute Gasteiger partial charge is 0.334 e. The second-order valence-corrected chi connectivity index (χ2v) is 8.39. The van der Waals surface area contributed by atoms with Gasteiger partial charge in [0.15, 0.2) is 0 Å². The van der Waals surface area contributed by atoms with Crippen LogP contribution in [0.1, 0.15) is 37.9 Å². The third kappa shape index (κ3) is 5.74. The monoisotopic (exact) mass is 425 g/mol. The molecule has 0 aliphatic heterocycles. The summed E-state index contributed by atoms with van der Waals surface area (Å²) in [6.45, 7) is 6.07. The molecule has 158 valence electrons. The summed E-state index contributed by atoms with van der Waals surface area (Å²) in [5, 5.41) is 5.20. The number of hydrogen-bond acceptors (Lipinski definition) is 3. The van der Waals surface area contributed by atoms with Crippen LogP contribution in [0.15, 0.2) is 47.4 Å². The summed E-state index contributed by atoms with van der Waals surface area (Å²) in [5.74, 6) is -1.42. The smallest absolute Gasteiger partial charge is 0.315 e. The molecule has 0 aliphatic rings. The van der Waals surface area contributed by atoms with Crippen molar-refractivity contribution in [2.75, 3.05) is 13.1 Å². The first kappa shape index (κ1) is 22.8. The molecule has 6 nitrogen and oxygen atoms in total. The van der Waals surface area contributed by atoms with Gasteiger partial charge in [-0.1, -0.05) is 32.0 Å². The molecule has 0 saturated carbocycles. The Kier molecular flexibility index (Phi) is 7.69. The number of urea groups is 1. The van der Waals surface area contributed by atoms with E-state index < -0.39 is 33.7 Å². The first-order chi connectivity index (χ1) is 13.7. The Labute approximate surface area is 170 Å². The van der Waals surface area contributed by atoms with E-state index in [1.165, 1.54) is 22.5 Å². The van der Waals surface area contributed by atoms with Crippen LogP contribution in [0.3, 0.4) is 0 Å². The number of sulfonamides is 1. The topological polar surface area (TPSA) is 78.5 Å². The number of nitrogens with one attached hydrogen (secondary N) is 2. The van der Waals surface area contributed by atoms with Crippen molar-refractivity contribution in [2.45, 2.75) is 38.3 Å². The first-order valence-electron chi connectivity index (χ1n) is 9.27. The summed E-state index contributed by atoms with van der Waals surface area (Å²) < 4.78 is 53.1. The first-order valence-corrected chi connectivity index (χ1v) is 10.7. The molecule has 0 bridgehead atoms. The second kappa shape index (κ2) is 9.80. The van der Waals surface area contributed by atoms with Gasteiger partial charge in [-0.2, -0.15) is 4.31 Å². The summed E-state index contributed by atoms with van der Waals surface area (Å²) in [5.41, 5.74) is 0.881. The van der Waals surface area contributed by atoms with E-state index in [1.807, 2.05) is 0 Å². The van der Waals surface area contributed by atoms with Crippen molar-refractivity contribution in [3.05, 3.63) is 65.2 Å². The van der Waals surface area contributed by atoms with E-state index in [-0.39, 0.29) is 17.0 Å². The lowest BCUT2D eigenvalue weighted by Crippen LogP contribution is -2.36. The maximum Gasteiger partial charge on any atom is 0.315 e. The lowest BCUT2D eigenvalue weighted by atomic mass is 10.1. The van der Waals surface area contributed by atoms with Gasteiger partial charge in [-0.25, -0.2) is 22.0 Å². The maximum atomic E-state index is 13.8. The fourth-order valence-corrected chi connectivity index (χ4v) is 4.31. The number of rotatable bonds is 8. The van der Waals surface area contributed by atoms with Crippen molar-refractivity contribution in [3.8, 4) is 0 Å². The van der Waals surface area contributed by atoms with E-state index in [2.05, 4.69) is 10.6 Å². The lowest BCUT2D eigenvalue weighted by molar-refractivity contribution is 0.237. The molecular weight excluding hydrogens is 400 g/mol. The molecule has 29 heavy (non-hydrogen) atoms. The van der Waals surface area contributed by atoms with Crippen molar-refractivity contribution < 1.29 is 22.0 Å². The van der Waals surface area contributed by atoms with Gasteiger partial charge >= 0.3 is 6.03 Å². The molecule has 0 heterocycles. The molecule has 0 radical (unpaired) electrons. The molecule has 0 spiro atoms. The normalized spacial score (nSPS) is 12.6. The number of hydrogen-bond donors (Lipinski definition) is 2. The van der Waals surface area contributed by atoms with Crippen molar-refractivity contribution >= 4 is 16.1 Å². The van der Waals surface area contributed by atoms with E-state index in [1.54, 1.807) is 32.9 Å². The van der Waals surface area contributed by atoms with Crippen molar-refractivity contribution in [1.29, 1.82) is 0 Å². The van der Waals surface area contributed by atoms with Gasteiger partial charge in [-0.3, -0.25) is 0 Å². The second-order valence-electron chi connectivity index (χ2n) is 6.45. The number of carbonyl (C=O) groups is 1. The Balaban J connectivity index is 1.95. The van der Waals surface area contributed by atoms with E-state index in [0.717, 1.165) is 12.1 Å². The zero-order valence-electron chi connectivity index (χ0n) is 16.6. The highest BCUT2D eigenvalue weighted by atomic mass is 32.2. The Morgan fingerprint density at radius 2 is 1.69 bits per heavy atom. The summed E-state index contributed by atoms with van der Waals surface area (Å²) in [4.78, 5) is 12.2. The highest BCUT2D eigenvalue weighted by Gasteiger charge is 2.21. The van der Waals surface area contributed by atoms with Crippen molar-refractivity contribution in [1.82, 2.24) is 14.9 Å². The summed E-state index contributed by atoms with van der Waals surface area (Å²) in [6.07, 6.45) is 0. The van der Waals surface area contributed by atoms with Crippen LogP contribution in [0, 0.1) is 11.6 Å². The van der Waals surface area contributed by atoms with Crippen LogP contribution < -0.4 is 10.6 Å². The molecule has 0 saturated heterocycles. The van der Waals surface area contributed by atoms with Crippen LogP contribution >= 0.6 is 0 Å². The lowest BCUT2D eigenvalue weighted by Gasteiger charge is -2.18. The molecule has 1 unspecified atom stereocenters. The standard InChI is InChI=1S/C20H25F2N3O3S/c1-4-25(5-2)29(27,28)17-9-6-15(7-10-17)13-23-20(26)24-14(3)18-11-8-16(21)12-19(18)22/h6-12,14H,4-5,13H2,1-3H3,(H2,23,24,26). The fourth-order valence-electron chi connectivity index (χ4n) is 2.85. The highest BCUT2D eigenvalue weighted by Crippen LogP contribution is 2.18. The van der Waals surface area contributed by atoms with Crippen LogP contribution in [0.4, 0.5) is 13.6 Å². The minimum atomic E-state index is -3.53. The van der Waals surface area contributed by atoms with E-state index in [4.69, 9.17) is 0 Å². The summed E-state index contributed by atoms with van der Waals surface area (Å²) in [6, 6.07) is 8.24. The number of halogens is 2. The fraction of sp³-hybridized carbons (Fsp3) is 0.350. The van der Waals surface area contributed by atoms with Gasteiger partial charge in [0, 0.05) is 31.3 Å². The predicted octanol–water partition coefficient (Wildman–Crippen LogP) is 3.56. The highest BCUT2D eigenvalue weighted by molar-refractivity contribution is 7.89. The number of benzene rings is 2. The molecule has 0 aliphatic carbocycles. The van der Waals surface area contributed by atoms with Crippen molar-refractivity contribution in [3.63, 3.8) is 0 Å². The van der Waals surface area contributed by atoms with Gasteiger partial charge in [-0.05, 0) is 30.7 Å². The van der Waals surface area contributed by atoms with Gasteiger partial charge in [0.25, 0.3) is 0 Å². The Hall–Kier alpha value is -2.52. The molecule has 2 aromatic carbocycles. The minimum Gasteiger partial charge on any atom is -0.334 e. The average Bonchev–Trinajstić information content (AvgIpc) is 2.67. The zero-order chi connectivity index (χ0) is 21.6. The molecule has 2 amide bonds. The SMILES string of the molecule is CCN(CC)S(=O)(=O)c1ccc(CNC(=O)NC(C)c2ccc(F)cc2F)cc1. The van der Waals surface area contributed by atoms with E-state index in [0.29, 0.717) is 18.7 Å². The Morgan fingerprint density at radius 3 is 2.24 bits per heavy atom. The van der Waals surface area contributed by atoms with Crippen LogP contribution in [0.5, 0.6) is 0 Å². The molecule has 2 rings (SSSR count). The molecule has 2 aromatic rings. The third-order valence-electron chi connectivity index (χ3n) is 4.50. The van der Waals surface area contributed by atoms with E-state index >= 15 is 0 Å². The number of amides is 2. The summed E-state index contributed by atoms with van der Waals surface area (Å²) >= 11 is 0. The molecule has 0 fully saturated rings. The molecular formula is C20H25F2N3O3S. The van der Waals surface area contributed by atoms with Gasteiger partial charge < -0.3 is 10.6 Å². The van der Waals surface area contributed by atoms with Crippen molar-refractivity contribution in [2.24, 2.45) is 0 Å². The molecule has 0 aromatic heterocycles. The van der Waals surface area contributed by atoms with Crippen LogP contribution in [0.2, 0.25) is 0 Å². The summed E-state index contributed by atoms with van der Waals surface area (Å²) in [7, 11) is -3.53. The Bertz CT molecular complexity index is 946. The number of carbonyl (C=O) groups excluding carboxylic acids is 1. The van der Waals surface area contributed by atoms with Crippen LogP contribution in [0.25, 0.3) is 0 Å². The third-order valence-corrected chi connectivity index (χ3v) is 6.56.